The van der Waals surface area contributed by atoms with E-state index in [9.17, 15) is 4.79 Å². The largest absolute Gasteiger partial charge is 0.345 e. The Morgan fingerprint density at radius 3 is 2.63 bits per heavy atom. The number of carbonyl (C=O) groups is 1. The molecule has 0 bridgehead atoms. The molecule has 0 fully saturated rings. The smallest absolute Gasteiger partial charge is 0.227 e. The summed E-state index contributed by atoms with van der Waals surface area (Å²) in [5.74, 6) is 0.743. The van der Waals surface area contributed by atoms with Crippen molar-refractivity contribution in [3.8, 4) is 11.4 Å². The molecule has 0 radical (unpaired) electrons. The second kappa shape index (κ2) is 9.33. The Morgan fingerprint density at radius 1 is 1.03 bits per heavy atom. The molecule has 1 unspecified atom stereocenters. The van der Waals surface area contributed by atoms with Crippen LogP contribution in [0.2, 0.25) is 5.02 Å². The van der Waals surface area contributed by atoms with Gasteiger partial charge in [0.05, 0.1) is 6.04 Å². The number of carbonyl (C=O) groups excluding carboxylic acids is 1. The highest BCUT2D eigenvalue weighted by Gasteiger charge is 2.18. The van der Waals surface area contributed by atoms with E-state index in [0.717, 1.165) is 16.7 Å². The molecule has 0 saturated carbocycles. The van der Waals surface area contributed by atoms with Gasteiger partial charge in [0.25, 0.3) is 0 Å². The summed E-state index contributed by atoms with van der Waals surface area (Å²) in [5.41, 5.74) is 2.66. The molecule has 0 aliphatic rings. The van der Waals surface area contributed by atoms with Crippen LogP contribution in [0.5, 0.6) is 0 Å². The third kappa shape index (κ3) is 4.90. The van der Waals surface area contributed by atoms with Gasteiger partial charge in [-0.2, -0.15) is 4.98 Å². The van der Waals surface area contributed by atoms with Crippen LogP contribution in [0.1, 0.15) is 29.5 Å². The van der Waals surface area contributed by atoms with Crippen molar-refractivity contribution in [3.63, 3.8) is 0 Å². The van der Waals surface area contributed by atoms with E-state index < -0.39 is 0 Å². The van der Waals surface area contributed by atoms with E-state index in [1.807, 2.05) is 60.7 Å². The second-order valence-corrected chi connectivity index (χ2v) is 7.16. The minimum absolute atomic E-state index is 0.120. The Morgan fingerprint density at radius 2 is 1.87 bits per heavy atom. The summed E-state index contributed by atoms with van der Waals surface area (Å²) in [4.78, 5) is 21.1. The second-order valence-electron chi connectivity index (χ2n) is 6.72. The van der Waals surface area contributed by atoms with E-state index >= 15 is 0 Å². The topological polar surface area (TPSA) is 80.9 Å². The zero-order chi connectivity index (χ0) is 20.8. The van der Waals surface area contributed by atoms with E-state index in [-0.39, 0.29) is 18.4 Å². The van der Waals surface area contributed by atoms with Crippen LogP contribution in [0.4, 0.5) is 0 Å². The highest BCUT2D eigenvalue weighted by Crippen LogP contribution is 2.24. The minimum atomic E-state index is -0.300. The zero-order valence-electron chi connectivity index (χ0n) is 16.0. The van der Waals surface area contributed by atoms with Gasteiger partial charge in [-0.15, -0.1) is 0 Å². The maximum Gasteiger partial charge on any atom is 0.227 e. The number of halogens is 1. The van der Waals surface area contributed by atoms with Crippen LogP contribution in [0.15, 0.2) is 83.6 Å². The van der Waals surface area contributed by atoms with Gasteiger partial charge in [0.15, 0.2) is 0 Å². The Kier molecular flexibility index (Phi) is 6.15. The molecule has 0 aliphatic carbocycles. The molecule has 0 saturated heterocycles. The molecule has 0 aliphatic heterocycles. The minimum Gasteiger partial charge on any atom is -0.345 e. The van der Waals surface area contributed by atoms with Gasteiger partial charge in [-0.1, -0.05) is 59.2 Å². The van der Waals surface area contributed by atoms with Crippen molar-refractivity contribution in [1.29, 1.82) is 0 Å². The number of hydrogen-bond acceptors (Lipinski definition) is 5. The summed E-state index contributed by atoms with van der Waals surface area (Å²) >= 11 is 6.16. The van der Waals surface area contributed by atoms with E-state index in [0.29, 0.717) is 23.2 Å². The first-order chi connectivity index (χ1) is 14.7. The maximum absolute atomic E-state index is 12.7. The Labute approximate surface area is 178 Å². The van der Waals surface area contributed by atoms with Gasteiger partial charge in [-0.25, -0.2) is 0 Å². The molecule has 150 valence electrons. The zero-order valence-corrected chi connectivity index (χ0v) is 16.8. The summed E-state index contributed by atoms with van der Waals surface area (Å²) < 4.78 is 5.27. The summed E-state index contributed by atoms with van der Waals surface area (Å²) in [5, 5.41) is 7.67. The number of rotatable bonds is 7. The number of aromatic nitrogens is 3. The number of nitrogens with one attached hydrogen (secondary N) is 1. The van der Waals surface area contributed by atoms with Crippen molar-refractivity contribution >= 4 is 17.5 Å². The molecule has 1 atom stereocenters. The molecule has 4 rings (SSSR count). The number of pyridine rings is 1. The average molecular weight is 419 g/mol. The van der Waals surface area contributed by atoms with E-state index in [2.05, 4.69) is 20.4 Å². The van der Waals surface area contributed by atoms with Crippen molar-refractivity contribution in [2.45, 2.75) is 18.9 Å². The molecule has 2 aromatic carbocycles. The van der Waals surface area contributed by atoms with Gasteiger partial charge in [-0.05, 0) is 35.4 Å². The third-order valence-electron chi connectivity index (χ3n) is 4.57. The number of nitrogens with zero attached hydrogens (tertiary/aromatic N) is 3. The standard InChI is InChI=1S/C23H19ClN4O2/c24-19-10-4-8-17(14-19)22(16-6-2-1-3-7-16)26-20(29)11-12-21-27-23(28-30-21)18-9-5-13-25-15-18/h1-10,13-15,22H,11-12H2,(H,26,29). The van der Waals surface area contributed by atoms with Crippen molar-refractivity contribution in [2.75, 3.05) is 0 Å². The fourth-order valence-electron chi connectivity index (χ4n) is 3.11. The van der Waals surface area contributed by atoms with Gasteiger partial charge in [-0.3, -0.25) is 9.78 Å². The van der Waals surface area contributed by atoms with Gasteiger partial charge in [0.2, 0.25) is 17.6 Å². The van der Waals surface area contributed by atoms with Gasteiger partial charge in [0.1, 0.15) is 0 Å². The van der Waals surface area contributed by atoms with Gasteiger partial charge >= 0.3 is 0 Å². The molecule has 1 amide bonds. The molecule has 6 nitrogen and oxygen atoms in total. The lowest BCUT2D eigenvalue weighted by Gasteiger charge is -2.20. The van der Waals surface area contributed by atoms with Crippen molar-refractivity contribution in [1.82, 2.24) is 20.4 Å². The monoisotopic (exact) mass is 418 g/mol. The molecular weight excluding hydrogens is 400 g/mol. The van der Waals surface area contributed by atoms with Crippen molar-refractivity contribution in [2.24, 2.45) is 0 Å². The molecular formula is C23H19ClN4O2. The van der Waals surface area contributed by atoms with Crippen LogP contribution >= 0.6 is 11.6 Å². The first kappa shape index (κ1) is 19.8. The molecule has 4 aromatic rings. The highest BCUT2D eigenvalue weighted by molar-refractivity contribution is 6.30. The molecule has 30 heavy (non-hydrogen) atoms. The number of amides is 1. The lowest BCUT2D eigenvalue weighted by atomic mass is 9.98. The summed E-state index contributed by atoms with van der Waals surface area (Å²) in [6.07, 6.45) is 3.91. The summed E-state index contributed by atoms with van der Waals surface area (Å²) in [7, 11) is 0. The molecule has 0 spiro atoms. The van der Waals surface area contributed by atoms with Gasteiger partial charge in [0, 0.05) is 35.8 Å². The maximum atomic E-state index is 12.7. The van der Waals surface area contributed by atoms with Crippen LogP contribution in [-0.4, -0.2) is 21.0 Å². The van der Waals surface area contributed by atoms with Crippen molar-refractivity contribution < 1.29 is 9.32 Å². The summed E-state index contributed by atoms with van der Waals surface area (Å²) in [6, 6.07) is 20.6. The van der Waals surface area contributed by atoms with Crippen LogP contribution in [0.25, 0.3) is 11.4 Å². The first-order valence-corrected chi connectivity index (χ1v) is 9.89. The molecule has 2 heterocycles. The number of benzene rings is 2. The summed E-state index contributed by atoms with van der Waals surface area (Å²) in [6.45, 7) is 0. The van der Waals surface area contributed by atoms with E-state index in [1.54, 1.807) is 18.5 Å². The SMILES string of the molecule is O=C(CCc1nc(-c2cccnc2)no1)NC(c1ccccc1)c1cccc(Cl)c1. The Hall–Kier alpha value is -3.51. The molecule has 7 heteroatoms. The van der Waals surface area contributed by atoms with E-state index in [4.69, 9.17) is 16.1 Å². The molecule has 2 aromatic heterocycles. The normalized spacial score (nSPS) is 11.8. The van der Waals surface area contributed by atoms with Crippen LogP contribution < -0.4 is 5.32 Å². The third-order valence-corrected chi connectivity index (χ3v) is 4.81. The highest BCUT2D eigenvalue weighted by atomic mass is 35.5. The number of hydrogen-bond donors (Lipinski definition) is 1. The lowest BCUT2D eigenvalue weighted by Crippen LogP contribution is -2.29. The molecule has 1 N–H and O–H groups in total. The number of aryl methyl sites for hydroxylation is 1. The van der Waals surface area contributed by atoms with Crippen LogP contribution in [0, 0.1) is 0 Å². The van der Waals surface area contributed by atoms with E-state index in [1.165, 1.54) is 0 Å². The fraction of sp³-hybridized carbons (Fsp3) is 0.130. The first-order valence-electron chi connectivity index (χ1n) is 9.52. The Bertz CT molecular complexity index is 1120. The predicted molar refractivity (Wildman–Crippen MR) is 114 cm³/mol. The van der Waals surface area contributed by atoms with Crippen molar-refractivity contribution in [3.05, 3.63) is 101 Å². The fourth-order valence-corrected chi connectivity index (χ4v) is 3.31. The quantitative estimate of drug-likeness (QED) is 0.473. The van der Waals surface area contributed by atoms with Crippen LogP contribution in [-0.2, 0) is 11.2 Å². The predicted octanol–water partition coefficient (Wildman–Crippen LogP) is 4.62. The van der Waals surface area contributed by atoms with Crippen LogP contribution in [0.3, 0.4) is 0 Å². The average Bonchev–Trinajstić information content (AvgIpc) is 3.26. The lowest BCUT2D eigenvalue weighted by molar-refractivity contribution is -0.121. The van der Waals surface area contributed by atoms with Gasteiger partial charge < -0.3 is 9.84 Å². The Balaban J connectivity index is 1.44.